The quantitative estimate of drug-likeness (QED) is 0.0281. The Morgan fingerprint density at radius 1 is 0.604 bits per heavy atom. The van der Waals surface area contributed by atoms with Crippen molar-refractivity contribution in [3.05, 3.63) is 12.2 Å². The first kappa shape index (κ1) is 47.2. The van der Waals surface area contributed by atoms with Gasteiger partial charge in [0.15, 0.2) is 0 Å². The molecule has 0 amide bonds. The predicted octanol–water partition coefficient (Wildman–Crippen LogP) is 11.5. The first-order valence-corrected chi connectivity index (χ1v) is 21.7. The smallest absolute Gasteiger partial charge is 0.463 e. The van der Waals surface area contributed by atoms with Crippen LogP contribution < -0.4 is 5.73 Å². The van der Waals surface area contributed by atoms with Gasteiger partial charge in [0.25, 0.3) is 0 Å². The van der Waals surface area contributed by atoms with E-state index in [-0.39, 0.29) is 32.3 Å². The minimum atomic E-state index is -4.24. The molecule has 0 saturated carbocycles. The molecule has 0 aromatic carbocycles. The van der Waals surface area contributed by atoms with Crippen LogP contribution >= 0.6 is 7.82 Å². The molecule has 0 aliphatic carbocycles. The largest absolute Gasteiger partial charge is 0.472 e. The number of ether oxygens (including phenoxy) is 2. The Labute approximate surface area is 296 Å². The van der Waals surface area contributed by atoms with Crippen molar-refractivity contribution in [1.82, 2.24) is 0 Å². The number of hydrogen-bond donors (Lipinski definition) is 2. The van der Waals surface area contributed by atoms with Gasteiger partial charge >= 0.3 is 13.8 Å². The lowest BCUT2D eigenvalue weighted by molar-refractivity contribution is -0.149. The van der Waals surface area contributed by atoms with E-state index in [1.165, 1.54) is 135 Å². The second kappa shape index (κ2) is 37.5. The second-order valence-corrected chi connectivity index (χ2v) is 14.9. The highest BCUT2D eigenvalue weighted by Gasteiger charge is 2.24. The van der Waals surface area contributed by atoms with Gasteiger partial charge in [-0.05, 0) is 38.5 Å². The van der Waals surface area contributed by atoms with E-state index in [2.05, 4.69) is 26.0 Å². The molecule has 286 valence electrons. The monoisotopic (exact) mass is 704 g/mol. The van der Waals surface area contributed by atoms with Gasteiger partial charge in [-0.2, -0.15) is 0 Å². The summed E-state index contributed by atoms with van der Waals surface area (Å²) in [4.78, 5) is 22.2. The number of unbranched alkanes of at least 4 members (excludes halogenated alkanes) is 24. The van der Waals surface area contributed by atoms with Crippen LogP contribution in [-0.4, -0.2) is 49.9 Å². The molecule has 0 spiro atoms. The van der Waals surface area contributed by atoms with Crippen molar-refractivity contribution in [3.8, 4) is 0 Å². The zero-order valence-electron chi connectivity index (χ0n) is 31.5. The van der Waals surface area contributed by atoms with Crippen molar-refractivity contribution in [2.24, 2.45) is 5.73 Å². The average Bonchev–Trinajstić information content (AvgIpc) is 3.08. The maximum absolute atomic E-state index is 12.4. The summed E-state index contributed by atoms with van der Waals surface area (Å²) in [7, 11) is -4.24. The molecule has 3 N–H and O–H groups in total. The average molecular weight is 704 g/mol. The molecular weight excluding hydrogens is 625 g/mol. The molecule has 1 unspecified atom stereocenters. The van der Waals surface area contributed by atoms with Crippen molar-refractivity contribution in [2.45, 2.75) is 200 Å². The van der Waals surface area contributed by atoms with Gasteiger partial charge in [0.05, 0.1) is 13.2 Å². The summed E-state index contributed by atoms with van der Waals surface area (Å²) >= 11 is 0. The SMILES string of the molecule is CCCCCCCC/C=C\CCCCCCCCO[C@H](COC(=O)CCCCCCCCCCCCCCC)COP(=O)(O)OCCN. The zero-order valence-corrected chi connectivity index (χ0v) is 32.4. The van der Waals surface area contributed by atoms with Gasteiger partial charge in [-0.15, -0.1) is 0 Å². The third kappa shape index (κ3) is 36.5. The van der Waals surface area contributed by atoms with E-state index in [0.29, 0.717) is 13.0 Å². The van der Waals surface area contributed by atoms with Gasteiger partial charge in [-0.1, -0.05) is 161 Å². The first-order valence-electron chi connectivity index (χ1n) is 20.2. The molecule has 0 fully saturated rings. The fourth-order valence-electron chi connectivity index (χ4n) is 5.67. The Balaban J connectivity index is 4.05. The van der Waals surface area contributed by atoms with Gasteiger partial charge in [-0.25, -0.2) is 4.57 Å². The topological polar surface area (TPSA) is 117 Å². The number of carbonyl (C=O) groups excluding carboxylic acids is 1. The molecule has 0 heterocycles. The number of phosphoric ester groups is 1. The van der Waals surface area contributed by atoms with Crippen LogP contribution in [0.2, 0.25) is 0 Å². The number of hydrogen-bond acceptors (Lipinski definition) is 7. The summed E-state index contributed by atoms with van der Waals surface area (Å²) in [6.07, 6.45) is 38.0. The van der Waals surface area contributed by atoms with Crippen LogP contribution in [0.1, 0.15) is 194 Å². The highest BCUT2D eigenvalue weighted by atomic mass is 31.2. The summed E-state index contributed by atoms with van der Waals surface area (Å²) in [5.74, 6) is -0.268. The third-order valence-electron chi connectivity index (χ3n) is 8.72. The van der Waals surface area contributed by atoms with E-state index in [4.69, 9.17) is 24.3 Å². The Morgan fingerprint density at radius 2 is 1.04 bits per heavy atom. The summed E-state index contributed by atoms with van der Waals surface area (Å²) in [5, 5.41) is 0. The molecule has 9 heteroatoms. The number of rotatable bonds is 39. The summed E-state index contributed by atoms with van der Waals surface area (Å²) < 4.78 is 33.4. The van der Waals surface area contributed by atoms with Gasteiger partial charge in [-0.3, -0.25) is 13.8 Å². The molecule has 0 aliphatic heterocycles. The van der Waals surface area contributed by atoms with E-state index in [9.17, 15) is 14.3 Å². The number of esters is 1. The highest BCUT2D eigenvalue weighted by molar-refractivity contribution is 7.47. The molecule has 48 heavy (non-hydrogen) atoms. The molecule has 0 radical (unpaired) electrons. The maximum Gasteiger partial charge on any atom is 0.472 e. The van der Waals surface area contributed by atoms with Crippen molar-refractivity contribution in [1.29, 1.82) is 0 Å². The number of phosphoric acid groups is 1. The van der Waals surface area contributed by atoms with Gasteiger partial charge in [0, 0.05) is 19.6 Å². The van der Waals surface area contributed by atoms with Crippen LogP contribution in [0.4, 0.5) is 0 Å². The lowest BCUT2D eigenvalue weighted by Crippen LogP contribution is -2.27. The number of carbonyl (C=O) groups is 1. The Hall–Kier alpha value is -0.760. The highest BCUT2D eigenvalue weighted by Crippen LogP contribution is 2.43. The molecular formula is C39H78NO7P. The van der Waals surface area contributed by atoms with E-state index >= 15 is 0 Å². The van der Waals surface area contributed by atoms with Crippen LogP contribution in [-0.2, 0) is 27.9 Å². The minimum Gasteiger partial charge on any atom is -0.463 e. The lowest BCUT2D eigenvalue weighted by atomic mass is 10.0. The summed E-state index contributed by atoms with van der Waals surface area (Å²) in [5.41, 5.74) is 5.36. The molecule has 8 nitrogen and oxygen atoms in total. The van der Waals surface area contributed by atoms with Crippen LogP contribution in [0.3, 0.4) is 0 Å². The summed E-state index contributed by atoms with van der Waals surface area (Å²) in [6.45, 7) is 4.82. The first-order chi connectivity index (χ1) is 23.4. The molecule has 0 saturated heterocycles. The Morgan fingerprint density at radius 3 is 1.52 bits per heavy atom. The molecule has 0 aromatic rings. The molecule has 0 rings (SSSR count). The second-order valence-electron chi connectivity index (χ2n) is 13.5. The van der Waals surface area contributed by atoms with Crippen molar-refractivity contribution in [3.63, 3.8) is 0 Å². The fraction of sp³-hybridized carbons (Fsp3) is 0.923. The predicted molar refractivity (Wildman–Crippen MR) is 201 cm³/mol. The normalized spacial score (nSPS) is 13.7. The van der Waals surface area contributed by atoms with Gasteiger partial charge in [0.1, 0.15) is 12.7 Å². The van der Waals surface area contributed by atoms with E-state index in [0.717, 1.165) is 38.5 Å². The molecule has 0 aromatic heterocycles. The summed E-state index contributed by atoms with van der Waals surface area (Å²) in [6, 6.07) is 0. The van der Waals surface area contributed by atoms with Crippen molar-refractivity contribution >= 4 is 13.8 Å². The van der Waals surface area contributed by atoms with Gasteiger partial charge < -0.3 is 20.1 Å². The van der Waals surface area contributed by atoms with E-state index < -0.39 is 13.9 Å². The Kier molecular flexibility index (Phi) is 36.9. The van der Waals surface area contributed by atoms with Crippen LogP contribution in [0.15, 0.2) is 12.2 Å². The molecule has 2 atom stereocenters. The van der Waals surface area contributed by atoms with Crippen molar-refractivity contribution in [2.75, 3.05) is 33.0 Å². The van der Waals surface area contributed by atoms with Crippen molar-refractivity contribution < 1.29 is 32.8 Å². The maximum atomic E-state index is 12.4. The number of allylic oxidation sites excluding steroid dienone is 2. The minimum absolute atomic E-state index is 0.0134. The van der Waals surface area contributed by atoms with Gasteiger partial charge in [0.2, 0.25) is 0 Å². The third-order valence-corrected chi connectivity index (χ3v) is 9.70. The Bertz CT molecular complexity index is 752. The fourth-order valence-corrected chi connectivity index (χ4v) is 6.44. The number of nitrogens with two attached hydrogens (primary N) is 1. The van der Waals surface area contributed by atoms with Crippen LogP contribution in [0, 0.1) is 0 Å². The molecule has 0 bridgehead atoms. The van der Waals surface area contributed by atoms with E-state index in [1.807, 2.05) is 0 Å². The van der Waals surface area contributed by atoms with Crippen LogP contribution in [0.25, 0.3) is 0 Å². The lowest BCUT2D eigenvalue weighted by Gasteiger charge is -2.20. The van der Waals surface area contributed by atoms with Crippen LogP contribution in [0.5, 0.6) is 0 Å². The molecule has 0 aliphatic rings. The van der Waals surface area contributed by atoms with E-state index in [1.54, 1.807) is 0 Å². The zero-order chi connectivity index (χ0) is 35.2. The standard InChI is InChI=1S/C39H78NO7P/c1-3-5-7-9-11-13-15-17-18-19-21-23-25-27-29-31-34-44-38(37-47-48(42,43)46-35-33-40)36-45-39(41)32-30-28-26-24-22-20-16-14-12-10-8-6-4-2/h17-18,38H,3-16,19-37,40H2,1-2H3,(H,42,43)/b18-17-/t38-/m1/s1.